The smallest absolute Gasteiger partial charge is 0.252 e. The molecule has 2 N–H and O–H groups in total. The lowest BCUT2D eigenvalue weighted by Gasteiger charge is -2.15. The lowest BCUT2D eigenvalue weighted by molar-refractivity contribution is 0.0920. The van der Waals surface area contributed by atoms with Gasteiger partial charge in [-0.25, -0.2) is 16.8 Å². The molecule has 0 aliphatic carbocycles. The standard InChI is InChI=1S/C17H12Br6N2O6S2/c18-16(19,20)32(28,29)12-5-1-3-10(7-12)14(26)24-9-25-15(27)11-4-2-6-13(8-11)33(30,31)17(21,22)23/h1-8H,9H2,(H,24,26)(H,25,27). The first-order valence-corrected chi connectivity index (χ1v) is 16.1. The molecule has 16 heteroatoms. The Morgan fingerprint density at radius 1 is 0.667 bits per heavy atom. The molecule has 0 saturated carbocycles. The second-order valence-electron chi connectivity index (χ2n) is 6.14. The zero-order valence-corrected chi connectivity index (χ0v) is 27.0. The summed E-state index contributed by atoms with van der Waals surface area (Å²) in [5, 5.41) is 4.89. The molecule has 0 aliphatic rings. The Labute approximate surface area is 240 Å². The van der Waals surface area contributed by atoms with Gasteiger partial charge in [-0.15, -0.1) is 0 Å². The fraction of sp³-hybridized carbons (Fsp3) is 0.176. The SMILES string of the molecule is O=C(NCNC(=O)c1cccc(S(=O)(=O)C(Br)(Br)Br)c1)c1cccc(S(=O)(=O)C(Br)(Br)Br)c1. The van der Waals surface area contributed by atoms with Crippen LogP contribution >= 0.6 is 95.6 Å². The van der Waals surface area contributed by atoms with E-state index in [0.29, 0.717) is 0 Å². The largest absolute Gasteiger partial charge is 0.335 e. The van der Waals surface area contributed by atoms with Gasteiger partial charge < -0.3 is 10.6 Å². The Hall–Kier alpha value is 0.160. The third-order valence-electron chi connectivity index (χ3n) is 3.92. The summed E-state index contributed by atoms with van der Waals surface area (Å²) in [6.07, 6.45) is 0. The van der Waals surface area contributed by atoms with E-state index >= 15 is 0 Å². The molecule has 0 saturated heterocycles. The van der Waals surface area contributed by atoms with E-state index in [2.05, 4.69) is 106 Å². The molecule has 2 aromatic carbocycles. The summed E-state index contributed by atoms with van der Waals surface area (Å²) in [4.78, 5) is 24.6. The maximum absolute atomic E-state index is 12.5. The molecule has 2 amide bonds. The Balaban J connectivity index is 2.09. The number of carbonyl (C=O) groups is 2. The quantitative estimate of drug-likeness (QED) is 0.313. The van der Waals surface area contributed by atoms with Crippen molar-refractivity contribution in [3.8, 4) is 0 Å². The van der Waals surface area contributed by atoms with E-state index in [1.54, 1.807) is 0 Å². The molecular formula is C17H12Br6N2O6S2. The molecule has 0 fully saturated rings. The van der Waals surface area contributed by atoms with Crippen LogP contribution in [-0.4, -0.2) is 38.3 Å². The third-order valence-corrected chi connectivity index (χ3v) is 14.6. The van der Waals surface area contributed by atoms with Gasteiger partial charge in [-0.2, -0.15) is 0 Å². The van der Waals surface area contributed by atoms with Gasteiger partial charge in [-0.3, -0.25) is 9.59 Å². The predicted molar refractivity (Wildman–Crippen MR) is 146 cm³/mol. The summed E-state index contributed by atoms with van der Waals surface area (Å²) in [6, 6.07) is 10.7. The van der Waals surface area contributed by atoms with Crippen LogP contribution in [0.2, 0.25) is 0 Å². The van der Waals surface area contributed by atoms with Gasteiger partial charge in [0.1, 0.15) is 0 Å². The molecule has 33 heavy (non-hydrogen) atoms. The summed E-state index contributed by atoms with van der Waals surface area (Å²) in [7, 11) is -7.78. The van der Waals surface area contributed by atoms with Crippen molar-refractivity contribution in [2.24, 2.45) is 0 Å². The average molecular weight is 884 g/mol. The minimum absolute atomic E-state index is 0.0541. The highest BCUT2D eigenvalue weighted by Crippen LogP contribution is 2.44. The number of hydrogen-bond donors (Lipinski definition) is 2. The van der Waals surface area contributed by atoms with E-state index in [1.807, 2.05) is 0 Å². The number of hydrogen-bond acceptors (Lipinski definition) is 6. The van der Waals surface area contributed by atoms with Gasteiger partial charge in [0.25, 0.3) is 11.8 Å². The molecule has 0 unspecified atom stereocenters. The minimum atomic E-state index is -3.89. The van der Waals surface area contributed by atoms with Gasteiger partial charge >= 0.3 is 0 Å². The van der Waals surface area contributed by atoms with Crippen molar-refractivity contribution in [3.05, 3.63) is 59.7 Å². The Bertz CT molecular complexity index is 1190. The van der Waals surface area contributed by atoms with E-state index in [9.17, 15) is 26.4 Å². The van der Waals surface area contributed by atoms with Gasteiger partial charge in [-0.05, 0) is 132 Å². The van der Waals surface area contributed by atoms with E-state index in [-0.39, 0.29) is 27.6 Å². The van der Waals surface area contributed by atoms with Crippen LogP contribution in [0.5, 0.6) is 0 Å². The first-order chi connectivity index (χ1) is 15.0. The van der Waals surface area contributed by atoms with Gasteiger partial charge in [0.2, 0.25) is 22.6 Å². The van der Waals surface area contributed by atoms with Gasteiger partial charge in [-0.1, -0.05) is 12.1 Å². The van der Waals surface area contributed by atoms with Gasteiger partial charge in [0, 0.05) is 11.1 Å². The number of amides is 2. The zero-order chi connectivity index (χ0) is 25.2. The van der Waals surface area contributed by atoms with Crippen LogP contribution < -0.4 is 10.6 Å². The molecule has 8 nitrogen and oxygen atoms in total. The maximum Gasteiger partial charge on any atom is 0.252 e. The van der Waals surface area contributed by atoms with E-state index in [0.717, 1.165) is 0 Å². The molecule has 0 atom stereocenters. The number of rotatable bonds is 6. The summed E-state index contributed by atoms with van der Waals surface area (Å²) >= 11 is 17.7. The summed E-state index contributed by atoms with van der Waals surface area (Å²) in [5.41, 5.74) is 0.108. The lowest BCUT2D eigenvalue weighted by Crippen LogP contribution is -2.37. The Kier molecular flexibility index (Phi) is 9.84. The van der Waals surface area contributed by atoms with Crippen LogP contribution in [0.4, 0.5) is 0 Å². The van der Waals surface area contributed by atoms with Crippen LogP contribution in [0.15, 0.2) is 58.3 Å². The Morgan fingerprint density at radius 3 is 1.30 bits per heavy atom. The lowest BCUT2D eigenvalue weighted by atomic mass is 10.2. The summed E-state index contributed by atoms with van der Waals surface area (Å²) in [6.45, 7) is -0.288. The van der Waals surface area contributed by atoms with Crippen molar-refractivity contribution in [2.45, 2.75) is 12.7 Å². The summed E-state index contributed by atoms with van der Waals surface area (Å²) in [5.74, 6) is -1.26. The van der Waals surface area contributed by atoms with Gasteiger partial charge in [0.05, 0.1) is 16.5 Å². The number of halogens is 6. The fourth-order valence-corrected chi connectivity index (χ4v) is 7.26. The molecule has 2 aromatic rings. The molecule has 0 aromatic heterocycles. The maximum atomic E-state index is 12.5. The molecule has 2 rings (SSSR count). The molecule has 180 valence electrons. The molecule has 0 spiro atoms. The second kappa shape index (κ2) is 11.0. The first kappa shape index (κ1) is 29.4. The summed E-state index contributed by atoms with van der Waals surface area (Å²) < 4.78 is 46.7. The normalized spacial score (nSPS) is 12.8. The zero-order valence-electron chi connectivity index (χ0n) is 15.9. The second-order valence-corrected chi connectivity index (χ2v) is 27.0. The van der Waals surface area contributed by atoms with Crippen molar-refractivity contribution in [2.75, 3.05) is 6.67 Å². The molecule has 0 heterocycles. The molecular weight excluding hydrogens is 872 g/mol. The highest BCUT2D eigenvalue weighted by Gasteiger charge is 2.38. The number of carbonyl (C=O) groups excluding carboxylic acids is 2. The molecule has 0 radical (unpaired) electrons. The van der Waals surface area contributed by atoms with E-state index < -0.39 is 34.4 Å². The molecule has 0 bridgehead atoms. The number of alkyl halides is 6. The van der Waals surface area contributed by atoms with E-state index in [1.165, 1.54) is 48.5 Å². The first-order valence-electron chi connectivity index (χ1n) is 8.38. The minimum Gasteiger partial charge on any atom is -0.335 e. The van der Waals surface area contributed by atoms with Crippen molar-refractivity contribution in [1.29, 1.82) is 0 Å². The van der Waals surface area contributed by atoms with Crippen molar-refractivity contribution < 1.29 is 26.4 Å². The third kappa shape index (κ3) is 7.11. The fourth-order valence-electron chi connectivity index (χ4n) is 2.29. The van der Waals surface area contributed by atoms with Crippen LogP contribution in [-0.2, 0) is 19.7 Å². The van der Waals surface area contributed by atoms with Crippen LogP contribution in [0.1, 0.15) is 20.7 Å². The predicted octanol–water partition coefficient (Wildman–Crippen LogP) is 4.94. The van der Waals surface area contributed by atoms with Crippen LogP contribution in [0.3, 0.4) is 0 Å². The monoisotopic (exact) mass is 878 g/mol. The Morgan fingerprint density at radius 2 is 1.00 bits per heavy atom. The van der Waals surface area contributed by atoms with Crippen molar-refractivity contribution in [3.63, 3.8) is 0 Å². The highest BCUT2D eigenvalue weighted by atomic mass is 80.0. The van der Waals surface area contributed by atoms with Crippen LogP contribution in [0, 0.1) is 0 Å². The topological polar surface area (TPSA) is 126 Å². The van der Waals surface area contributed by atoms with Crippen LogP contribution in [0.25, 0.3) is 0 Å². The highest BCUT2D eigenvalue weighted by molar-refractivity contribution is 9.42. The number of benzene rings is 2. The van der Waals surface area contributed by atoms with Crippen molar-refractivity contribution in [1.82, 2.24) is 10.6 Å². The number of nitrogens with one attached hydrogen (secondary N) is 2. The number of sulfone groups is 2. The van der Waals surface area contributed by atoms with Crippen molar-refractivity contribution >= 4 is 127 Å². The van der Waals surface area contributed by atoms with Gasteiger partial charge in [0.15, 0.2) is 0 Å². The molecule has 0 aliphatic heterocycles. The average Bonchev–Trinajstić information content (AvgIpc) is 2.72. The van der Waals surface area contributed by atoms with E-state index in [4.69, 9.17) is 0 Å².